The quantitative estimate of drug-likeness (QED) is 0.709. The van der Waals surface area contributed by atoms with Gasteiger partial charge in [0.05, 0.1) is 6.10 Å². The summed E-state index contributed by atoms with van der Waals surface area (Å²) in [6.45, 7) is 2.28. The summed E-state index contributed by atoms with van der Waals surface area (Å²) < 4.78 is 0. The van der Waals surface area contributed by atoms with Crippen LogP contribution in [0.2, 0.25) is 5.02 Å². The maximum Gasteiger partial charge on any atom is 0.319 e. The molecule has 0 aliphatic heterocycles. The van der Waals surface area contributed by atoms with Gasteiger partial charge in [-0.1, -0.05) is 11.6 Å². The Morgan fingerprint density at radius 3 is 2.65 bits per heavy atom. The number of nitrogens with one attached hydrogen (secondary N) is 2. The summed E-state index contributed by atoms with van der Waals surface area (Å²) in [4.78, 5) is 11.4. The number of rotatable bonds is 5. The lowest BCUT2D eigenvalue weighted by molar-refractivity contribution is 0.181. The first-order valence-corrected chi connectivity index (χ1v) is 5.94. The smallest absolute Gasteiger partial charge is 0.319 e. The van der Waals surface area contributed by atoms with E-state index in [0.717, 1.165) is 6.42 Å². The lowest BCUT2D eigenvalue weighted by Gasteiger charge is -2.08. The number of aliphatic hydroxyl groups is 1. The molecule has 0 aliphatic rings. The van der Waals surface area contributed by atoms with E-state index < -0.39 is 0 Å². The second-order valence-corrected chi connectivity index (χ2v) is 4.32. The van der Waals surface area contributed by atoms with E-state index >= 15 is 0 Å². The Kier molecular flexibility index (Phi) is 5.80. The summed E-state index contributed by atoms with van der Waals surface area (Å²) >= 11 is 5.73. The predicted octanol–water partition coefficient (Wildman–Crippen LogP) is 2.62. The number of hydrogen-bond acceptors (Lipinski definition) is 2. The Morgan fingerprint density at radius 1 is 1.41 bits per heavy atom. The molecule has 1 unspecified atom stereocenters. The molecule has 1 aromatic carbocycles. The van der Waals surface area contributed by atoms with E-state index in [1.54, 1.807) is 31.2 Å². The van der Waals surface area contributed by atoms with Gasteiger partial charge in [0.2, 0.25) is 0 Å². The van der Waals surface area contributed by atoms with Gasteiger partial charge in [0.15, 0.2) is 0 Å². The summed E-state index contributed by atoms with van der Waals surface area (Å²) in [5, 5.41) is 15.1. The summed E-state index contributed by atoms with van der Waals surface area (Å²) in [6, 6.07) is 6.64. The zero-order valence-corrected chi connectivity index (χ0v) is 10.5. The maximum atomic E-state index is 11.4. The van der Waals surface area contributed by atoms with Crippen molar-refractivity contribution < 1.29 is 9.90 Å². The van der Waals surface area contributed by atoms with E-state index in [2.05, 4.69) is 10.6 Å². The molecular weight excluding hydrogens is 240 g/mol. The van der Waals surface area contributed by atoms with Crippen LogP contribution in [0.3, 0.4) is 0 Å². The van der Waals surface area contributed by atoms with Gasteiger partial charge in [-0.05, 0) is 44.0 Å². The SMILES string of the molecule is CC(O)CCCNC(=O)Nc1ccc(Cl)cc1. The van der Waals surface area contributed by atoms with Gasteiger partial charge in [-0.25, -0.2) is 4.79 Å². The van der Waals surface area contributed by atoms with E-state index in [1.165, 1.54) is 0 Å². The van der Waals surface area contributed by atoms with E-state index in [0.29, 0.717) is 23.7 Å². The first kappa shape index (κ1) is 13.8. The molecule has 1 atom stereocenters. The van der Waals surface area contributed by atoms with Crippen LogP contribution in [0.15, 0.2) is 24.3 Å². The summed E-state index contributed by atoms with van der Waals surface area (Å²) in [5.74, 6) is 0. The first-order chi connectivity index (χ1) is 8.08. The average Bonchev–Trinajstić information content (AvgIpc) is 2.27. The van der Waals surface area contributed by atoms with Crippen molar-refractivity contribution in [2.75, 3.05) is 11.9 Å². The van der Waals surface area contributed by atoms with Crippen LogP contribution < -0.4 is 10.6 Å². The van der Waals surface area contributed by atoms with Gasteiger partial charge >= 0.3 is 6.03 Å². The number of carbonyl (C=O) groups is 1. The van der Waals surface area contributed by atoms with E-state index in [4.69, 9.17) is 16.7 Å². The van der Waals surface area contributed by atoms with E-state index in [1.807, 2.05) is 0 Å². The molecule has 0 saturated carbocycles. The summed E-state index contributed by atoms with van der Waals surface area (Å²) in [7, 11) is 0. The van der Waals surface area contributed by atoms with Crippen molar-refractivity contribution in [1.29, 1.82) is 0 Å². The van der Waals surface area contributed by atoms with Gasteiger partial charge in [-0.3, -0.25) is 0 Å². The third-order valence-corrected chi connectivity index (χ3v) is 2.44. The summed E-state index contributed by atoms with van der Waals surface area (Å²) in [5.41, 5.74) is 0.697. The molecule has 0 fully saturated rings. The Morgan fingerprint density at radius 2 is 2.06 bits per heavy atom. The molecule has 1 aromatic rings. The number of benzene rings is 1. The zero-order valence-electron chi connectivity index (χ0n) is 9.74. The van der Waals surface area contributed by atoms with Crippen molar-refractivity contribution in [3.63, 3.8) is 0 Å². The number of halogens is 1. The number of anilines is 1. The molecule has 0 spiro atoms. The molecule has 2 amide bonds. The van der Waals surface area contributed by atoms with Crippen LogP contribution in [0.4, 0.5) is 10.5 Å². The lowest BCUT2D eigenvalue weighted by atomic mass is 10.2. The lowest BCUT2D eigenvalue weighted by Crippen LogP contribution is -2.29. The van der Waals surface area contributed by atoms with Crippen LogP contribution in [0.25, 0.3) is 0 Å². The van der Waals surface area contributed by atoms with Crippen LogP contribution in [0.5, 0.6) is 0 Å². The normalized spacial score (nSPS) is 11.9. The molecule has 5 heteroatoms. The third-order valence-electron chi connectivity index (χ3n) is 2.19. The number of hydrogen-bond donors (Lipinski definition) is 3. The van der Waals surface area contributed by atoms with Crippen molar-refractivity contribution in [1.82, 2.24) is 5.32 Å². The van der Waals surface area contributed by atoms with Crippen molar-refractivity contribution in [2.24, 2.45) is 0 Å². The third kappa shape index (κ3) is 6.14. The highest BCUT2D eigenvalue weighted by molar-refractivity contribution is 6.30. The molecule has 0 radical (unpaired) electrons. The monoisotopic (exact) mass is 256 g/mol. The molecule has 4 nitrogen and oxygen atoms in total. The molecule has 0 heterocycles. The Labute approximate surface area is 106 Å². The second-order valence-electron chi connectivity index (χ2n) is 3.88. The Balaban J connectivity index is 2.23. The molecule has 0 bridgehead atoms. The van der Waals surface area contributed by atoms with Crippen molar-refractivity contribution in [2.45, 2.75) is 25.9 Å². The van der Waals surface area contributed by atoms with Crippen LogP contribution >= 0.6 is 11.6 Å². The number of aliphatic hydroxyl groups excluding tert-OH is 1. The first-order valence-electron chi connectivity index (χ1n) is 5.56. The fourth-order valence-corrected chi connectivity index (χ4v) is 1.43. The van der Waals surface area contributed by atoms with E-state index in [-0.39, 0.29) is 12.1 Å². The average molecular weight is 257 g/mol. The molecule has 17 heavy (non-hydrogen) atoms. The number of urea groups is 1. The predicted molar refractivity (Wildman–Crippen MR) is 69.4 cm³/mol. The fraction of sp³-hybridized carbons (Fsp3) is 0.417. The van der Waals surface area contributed by atoms with Crippen LogP contribution in [-0.2, 0) is 0 Å². The van der Waals surface area contributed by atoms with Crippen molar-refractivity contribution >= 4 is 23.3 Å². The Hall–Kier alpha value is -1.26. The minimum Gasteiger partial charge on any atom is -0.393 e. The molecular formula is C12H17ClN2O2. The van der Waals surface area contributed by atoms with Gasteiger partial charge in [0, 0.05) is 17.3 Å². The maximum absolute atomic E-state index is 11.4. The molecule has 3 N–H and O–H groups in total. The van der Waals surface area contributed by atoms with Gasteiger partial charge in [0.25, 0.3) is 0 Å². The molecule has 0 saturated heterocycles. The van der Waals surface area contributed by atoms with Crippen molar-refractivity contribution in [3.8, 4) is 0 Å². The van der Waals surface area contributed by atoms with Gasteiger partial charge in [0.1, 0.15) is 0 Å². The highest BCUT2D eigenvalue weighted by Crippen LogP contribution is 2.12. The van der Waals surface area contributed by atoms with Crippen LogP contribution in [-0.4, -0.2) is 23.8 Å². The molecule has 1 rings (SSSR count). The van der Waals surface area contributed by atoms with Crippen LogP contribution in [0.1, 0.15) is 19.8 Å². The van der Waals surface area contributed by atoms with Gasteiger partial charge in [-0.15, -0.1) is 0 Å². The number of carbonyl (C=O) groups excluding carboxylic acids is 1. The summed E-state index contributed by atoms with van der Waals surface area (Å²) in [6.07, 6.45) is 1.11. The molecule has 0 aliphatic carbocycles. The largest absolute Gasteiger partial charge is 0.393 e. The van der Waals surface area contributed by atoms with Crippen LogP contribution in [0, 0.1) is 0 Å². The standard InChI is InChI=1S/C12H17ClN2O2/c1-9(16)3-2-8-14-12(17)15-11-6-4-10(13)5-7-11/h4-7,9,16H,2-3,8H2,1H3,(H2,14,15,17). The minimum absolute atomic E-state index is 0.252. The van der Waals surface area contributed by atoms with Crippen molar-refractivity contribution in [3.05, 3.63) is 29.3 Å². The number of amides is 2. The molecule has 0 aromatic heterocycles. The minimum atomic E-state index is -0.323. The molecule has 94 valence electrons. The van der Waals surface area contributed by atoms with Gasteiger partial charge in [-0.2, -0.15) is 0 Å². The Bertz CT molecular complexity index is 352. The zero-order chi connectivity index (χ0) is 12.7. The second kappa shape index (κ2) is 7.14. The van der Waals surface area contributed by atoms with E-state index in [9.17, 15) is 4.79 Å². The highest BCUT2D eigenvalue weighted by Gasteiger charge is 2.01. The topological polar surface area (TPSA) is 61.4 Å². The fourth-order valence-electron chi connectivity index (χ4n) is 1.31. The highest BCUT2D eigenvalue weighted by atomic mass is 35.5. The van der Waals surface area contributed by atoms with Gasteiger partial charge < -0.3 is 15.7 Å².